The number of hydrogen-bond acceptors (Lipinski definition) is 3. The predicted octanol–water partition coefficient (Wildman–Crippen LogP) is 6.30. The van der Waals surface area contributed by atoms with Gasteiger partial charge in [-0.05, 0) is 56.1 Å². The van der Waals surface area contributed by atoms with Crippen molar-refractivity contribution in [3.8, 4) is 0 Å². The van der Waals surface area contributed by atoms with Gasteiger partial charge < -0.3 is 9.72 Å². The molecule has 0 amide bonds. The standard InChI is InChI=1S/C22H28N2O2.C6H14/c1-13(25)21-17-11-19-22-16(15-5-3-4-6-18(15)23-22)9-10-24(19)12-14(17)7-8-20(21)26-2;1-3-5-6-4-2/h3-6,14,17,19-21,23H,7-12H2,1-2H3;3-6H2,1-2H3/t14-,17-,19-,20?,21?;/m0./s1. The molecule has 3 aliphatic rings. The van der Waals surface area contributed by atoms with Crippen molar-refractivity contribution in [1.82, 2.24) is 9.88 Å². The largest absolute Gasteiger partial charge is 0.381 e. The molecule has 1 aromatic heterocycles. The van der Waals surface area contributed by atoms with E-state index in [4.69, 9.17) is 4.74 Å². The molecule has 1 aliphatic carbocycles. The first-order chi connectivity index (χ1) is 15.6. The van der Waals surface area contributed by atoms with Crippen LogP contribution in [-0.2, 0) is 16.0 Å². The fraction of sp³-hybridized carbons (Fsp3) is 0.679. The number of aromatic amines is 1. The molecule has 2 aromatic rings. The Balaban J connectivity index is 0.000000363. The lowest BCUT2D eigenvalue weighted by molar-refractivity contribution is -0.137. The molecular formula is C28H42N2O2. The van der Waals surface area contributed by atoms with Crippen LogP contribution < -0.4 is 0 Å². The van der Waals surface area contributed by atoms with Gasteiger partial charge in [-0.1, -0.05) is 57.7 Å². The van der Waals surface area contributed by atoms with E-state index in [0.29, 0.717) is 23.7 Å². The van der Waals surface area contributed by atoms with E-state index in [0.717, 1.165) is 32.4 Å². The predicted molar refractivity (Wildman–Crippen MR) is 132 cm³/mol. The van der Waals surface area contributed by atoms with Crippen molar-refractivity contribution in [2.24, 2.45) is 17.8 Å². The Morgan fingerprint density at radius 1 is 1.16 bits per heavy atom. The Kier molecular flexibility index (Phi) is 7.73. The van der Waals surface area contributed by atoms with Gasteiger partial charge in [0.2, 0.25) is 0 Å². The Hall–Kier alpha value is -1.65. The Labute approximate surface area is 194 Å². The minimum Gasteiger partial charge on any atom is -0.381 e. The number of piperidine rings is 1. The number of para-hydroxylation sites is 1. The quantitative estimate of drug-likeness (QED) is 0.557. The second kappa shape index (κ2) is 10.5. The van der Waals surface area contributed by atoms with Gasteiger partial charge in [-0.15, -0.1) is 0 Å². The molecule has 4 nitrogen and oxygen atoms in total. The topological polar surface area (TPSA) is 45.3 Å². The van der Waals surface area contributed by atoms with E-state index in [1.165, 1.54) is 54.3 Å². The highest BCUT2D eigenvalue weighted by Gasteiger charge is 2.48. The highest BCUT2D eigenvalue weighted by Crippen LogP contribution is 2.49. The van der Waals surface area contributed by atoms with Crippen LogP contribution in [0.2, 0.25) is 0 Å². The van der Waals surface area contributed by atoms with Gasteiger partial charge in [0.05, 0.1) is 12.1 Å². The van der Waals surface area contributed by atoms with E-state index in [1.54, 1.807) is 14.0 Å². The maximum atomic E-state index is 12.5. The van der Waals surface area contributed by atoms with Crippen molar-refractivity contribution < 1.29 is 9.53 Å². The first-order valence-corrected chi connectivity index (χ1v) is 13.0. The highest BCUT2D eigenvalue weighted by molar-refractivity contribution is 5.85. The van der Waals surface area contributed by atoms with Crippen molar-refractivity contribution in [1.29, 1.82) is 0 Å². The molecule has 1 N–H and O–H groups in total. The van der Waals surface area contributed by atoms with Crippen LogP contribution in [0, 0.1) is 17.8 Å². The van der Waals surface area contributed by atoms with E-state index in [2.05, 4.69) is 48.0 Å². The third-order valence-electron chi connectivity index (χ3n) is 8.25. The summed E-state index contributed by atoms with van der Waals surface area (Å²) < 4.78 is 5.73. The van der Waals surface area contributed by atoms with Crippen LogP contribution in [0.15, 0.2) is 24.3 Å². The summed E-state index contributed by atoms with van der Waals surface area (Å²) in [4.78, 5) is 18.9. The van der Waals surface area contributed by atoms with Crippen molar-refractivity contribution in [2.75, 3.05) is 20.2 Å². The molecule has 1 aromatic carbocycles. The number of methoxy groups -OCH3 is 1. The monoisotopic (exact) mass is 438 g/mol. The molecule has 2 aliphatic heterocycles. The number of H-pyrrole nitrogens is 1. The number of unbranched alkanes of at least 4 members (excludes halogenated alkanes) is 3. The van der Waals surface area contributed by atoms with Crippen LogP contribution in [0.5, 0.6) is 0 Å². The number of rotatable bonds is 5. The molecule has 176 valence electrons. The van der Waals surface area contributed by atoms with E-state index in [-0.39, 0.29) is 12.0 Å². The van der Waals surface area contributed by atoms with Gasteiger partial charge in [-0.2, -0.15) is 0 Å². The van der Waals surface area contributed by atoms with Crippen LogP contribution in [0.3, 0.4) is 0 Å². The lowest BCUT2D eigenvalue weighted by Gasteiger charge is -2.51. The van der Waals surface area contributed by atoms with Gasteiger partial charge in [-0.25, -0.2) is 0 Å². The molecular weight excluding hydrogens is 396 g/mol. The number of benzene rings is 1. The summed E-state index contributed by atoms with van der Waals surface area (Å²) in [6, 6.07) is 9.09. The number of nitrogens with zero attached hydrogens (tertiary/aromatic N) is 1. The minimum atomic E-state index is 0.0654. The van der Waals surface area contributed by atoms with Crippen molar-refractivity contribution in [3.05, 3.63) is 35.5 Å². The molecule has 5 atom stereocenters. The van der Waals surface area contributed by atoms with Gasteiger partial charge in [0.25, 0.3) is 0 Å². The summed E-state index contributed by atoms with van der Waals surface area (Å²) in [5.74, 6) is 1.46. The Morgan fingerprint density at radius 2 is 1.91 bits per heavy atom. The zero-order valence-electron chi connectivity index (χ0n) is 20.5. The molecule has 0 radical (unpaired) electrons. The lowest BCUT2D eigenvalue weighted by atomic mass is 9.64. The molecule has 32 heavy (non-hydrogen) atoms. The number of carbonyl (C=O) groups excluding carboxylic acids is 1. The number of ether oxygens (including phenoxy) is 1. The molecule has 0 bridgehead atoms. The van der Waals surface area contributed by atoms with E-state index >= 15 is 0 Å². The van der Waals surface area contributed by atoms with Gasteiger partial charge in [0, 0.05) is 42.7 Å². The number of nitrogens with one attached hydrogen (secondary N) is 1. The van der Waals surface area contributed by atoms with Gasteiger partial charge in [0.1, 0.15) is 5.78 Å². The maximum Gasteiger partial charge on any atom is 0.135 e. The number of carbonyl (C=O) groups is 1. The maximum absolute atomic E-state index is 12.5. The summed E-state index contributed by atoms with van der Waals surface area (Å²) in [5, 5.41) is 1.38. The number of Topliss-reactive ketones (excluding diaryl/α,β-unsaturated/α-hetero) is 1. The second-order valence-electron chi connectivity index (χ2n) is 10.2. The molecule has 1 saturated carbocycles. The summed E-state index contributed by atoms with van der Waals surface area (Å²) >= 11 is 0. The molecule has 1 saturated heterocycles. The average molecular weight is 439 g/mol. The highest BCUT2D eigenvalue weighted by atomic mass is 16.5. The summed E-state index contributed by atoms with van der Waals surface area (Å²) in [5.41, 5.74) is 4.15. The summed E-state index contributed by atoms with van der Waals surface area (Å²) in [6.45, 7) is 8.50. The van der Waals surface area contributed by atoms with Gasteiger partial charge in [-0.3, -0.25) is 9.69 Å². The number of aromatic nitrogens is 1. The third kappa shape index (κ3) is 4.54. The van der Waals surface area contributed by atoms with Crippen molar-refractivity contribution in [3.63, 3.8) is 0 Å². The van der Waals surface area contributed by atoms with E-state index in [9.17, 15) is 4.79 Å². The molecule has 5 rings (SSSR count). The third-order valence-corrected chi connectivity index (χ3v) is 8.25. The normalized spacial score (nSPS) is 29.4. The lowest BCUT2D eigenvalue weighted by Crippen LogP contribution is -2.53. The zero-order chi connectivity index (χ0) is 22.7. The SMILES string of the molecule is CCCCCC.COC1CC[C@H]2CN3CCc4c([nH]c5ccccc45)[C@@H]3C[C@@H]2C1C(C)=O. The average Bonchev–Trinajstić information content (AvgIpc) is 3.20. The fourth-order valence-electron chi connectivity index (χ4n) is 6.65. The zero-order valence-corrected chi connectivity index (χ0v) is 20.5. The van der Waals surface area contributed by atoms with E-state index in [1.807, 2.05) is 0 Å². The number of ketones is 1. The first-order valence-electron chi connectivity index (χ1n) is 13.0. The molecule has 2 unspecified atom stereocenters. The van der Waals surface area contributed by atoms with Crippen LogP contribution in [-0.4, -0.2) is 42.0 Å². The number of fused-ring (bicyclic) bond motifs is 6. The van der Waals surface area contributed by atoms with Crippen molar-refractivity contribution in [2.45, 2.75) is 84.3 Å². The van der Waals surface area contributed by atoms with Gasteiger partial charge in [0.15, 0.2) is 0 Å². The molecule has 4 heteroatoms. The smallest absolute Gasteiger partial charge is 0.135 e. The summed E-state index contributed by atoms with van der Waals surface area (Å²) in [6.07, 6.45) is 10.1. The van der Waals surface area contributed by atoms with Crippen LogP contribution in [0.25, 0.3) is 10.9 Å². The fourth-order valence-corrected chi connectivity index (χ4v) is 6.65. The molecule has 3 heterocycles. The Bertz CT molecular complexity index is 900. The Morgan fingerprint density at radius 3 is 2.59 bits per heavy atom. The van der Waals surface area contributed by atoms with E-state index < -0.39 is 0 Å². The van der Waals surface area contributed by atoms with Gasteiger partial charge >= 0.3 is 0 Å². The van der Waals surface area contributed by atoms with Crippen LogP contribution in [0.1, 0.15) is 83.0 Å². The second-order valence-corrected chi connectivity index (χ2v) is 10.2. The van der Waals surface area contributed by atoms with Crippen LogP contribution >= 0.6 is 0 Å². The van der Waals surface area contributed by atoms with Crippen LogP contribution in [0.4, 0.5) is 0 Å². The number of hydrogen-bond donors (Lipinski definition) is 1. The molecule has 2 fully saturated rings. The summed E-state index contributed by atoms with van der Waals surface area (Å²) in [7, 11) is 1.77. The minimum absolute atomic E-state index is 0.0654. The van der Waals surface area contributed by atoms with Crippen molar-refractivity contribution >= 4 is 16.7 Å². The first kappa shape index (κ1) is 23.5. The molecule has 0 spiro atoms.